The van der Waals surface area contributed by atoms with Crippen molar-refractivity contribution in [1.82, 2.24) is 0 Å². The predicted molar refractivity (Wildman–Crippen MR) is 165 cm³/mol. The van der Waals surface area contributed by atoms with Gasteiger partial charge in [0.05, 0.1) is 30.9 Å². The van der Waals surface area contributed by atoms with E-state index in [9.17, 15) is 71.2 Å². The molecule has 3 saturated heterocycles. The van der Waals surface area contributed by atoms with Gasteiger partial charge in [-0.25, -0.2) is 0 Å². The minimum Gasteiger partial charge on any atom is -0.507 e. The van der Waals surface area contributed by atoms with Gasteiger partial charge in [0.2, 0.25) is 6.29 Å². The predicted octanol–water partition coefficient (Wildman–Crippen LogP) is -4.28. The Bertz CT molecular complexity index is 1760. The molecule has 3 aromatic rings. The Kier molecular flexibility index (Phi) is 10.6. The summed E-state index contributed by atoms with van der Waals surface area (Å²) in [4.78, 5) is 13.7. The molecule has 0 aliphatic carbocycles. The van der Waals surface area contributed by atoms with Crippen LogP contribution in [0.3, 0.4) is 0 Å². The van der Waals surface area contributed by atoms with E-state index in [2.05, 4.69) is 0 Å². The summed E-state index contributed by atoms with van der Waals surface area (Å²) in [6.45, 7) is -2.12. The average molecular weight is 727 g/mol. The third-order valence-electron chi connectivity index (χ3n) is 9.40. The first-order valence-corrected chi connectivity index (χ1v) is 15.8. The van der Waals surface area contributed by atoms with Crippen molar-refractivity contribution in [1.29, 1.82) is 0 Å². The number of aromatic hydroxyl groups is 2. The number of hydrogen-bond donors (Lipinski definition) is 13. The third-order valence-corrected chi connectivity index (χ3v) is 9.40. The highest BCUT2D eigenvalue weighted by Crippen LogP contribution is 2.50. The quantitative estimate of drug-likeness (QED) is 0.110. The smallest absolute Gasteiger partial charge is 0.229 e. The maximum absolute atomic E-state index is 13.7. The van der Waals surface area contributed by atoms with Crippen molar-refractivity contribution in [2.45, 2.75) is 85.6 Å². The van der Waals surface area contributed by atoms with Crippen LogP contribution in [-0.2, 0) is 14.2 Å². The van der Waals surface area contributed by atoms with E-state index in [1.54, 1.807) is 0 Å². The van der Waals surface area contributed by atoms with E-state index in [-0.39, 0.29) is 17.1 Å². The van der Waals surface area contributed by atoms with Crippen LogP contribution in [0, 0.1) is 0 Å². The van der Waals surface area contributed by atoms with Crippen molar-refractivity contribution in [3.8, 4) is 28.6 Å². The largest absolute Gasteiger partial charge is 0.507 e. The summed E-state index contributed by atoms with van der Waals surface area (Å²) in [5, 5.41) is 135. The molecule has 0 saturated carbocycles. The number of benzene rings is 2. The second-order valence-corrected chi connectivity index (χ2v) is 12.6. The van der Waals surface area contributed by atoms with Crippen LogP contribution in [0.25, 0.3) is 22.3 Å². The zero-order chi connectivity index (χ0) is 37.0. The van der Waals surface area contributed by atoms with Crippen LogP contribution in [0.4, 0.5) is 0 Å². The van der Waals surface area contributed by atoms with E-state index in [1.807, 2.05) is 0 Å². The molecule has 0 spiro atoms. The minimum absolute atomic E-state index is 0.0616. The van der Waals surface area contributed by atoms with E-state index in [4.69, 9.17) is 23.4 Å². The first-order valence-electron chi connectivity index (χ1n) is 15.8. The summed E-state index contributed by atoms with van der Waals surface area (Å²) in [6, 6.07) is 6.40. The Balaban J connectivity index is 1.45. The summed E-state index contributed by atoms with van der Waals surface area (Å²) in [6.07, 6.45) is -24.0. The van der Waals surface area contributed by atoms with Crippen molar-refractivity contribution < 1.29 is 89.7 Å². The van der Waals surface area contributed by atoms with Gasteiger partial charge in [0.1, 0.15) is 108 Å². The lowest BCUT2D eigenvalue weighted by atomic mass is 9.85. The van der Waals surface area contributed by atoms with Crippen molar-refractivity contribution in [2.75, 3.05) is 19.8 Å². The molecule has 3 aliphatic rings. The van der Waals surface area contributed by atoms with Gasteiger partial charge < -0.3 is 89.7 Å². The van der Waals surface area contributed by atoms with Gasteiger partial charge in [-0.1, -0.05) is 0 Å². The van der Waals surface area contributed by atoms with Gasteiger partial charge >= 0.3 is 0 Å². The normalized spacial score (nSPS) is 37.4. The van der Waals surface area contributed by atoms with E-state index < -0.39 is 144 Å². The van der Waals surface area contributed by atoms with E-state index in [0.29, 0.717) is 0 Å². The van der Waals surface area contributed by atoms with Crippen molar-refractivity contribution in [2.24, 2.45) is 0 Å². The second kappa shape index (κ2) is 14.5. The summed E-state index contributed by atoms with van der Waals surface area (Å²) in [5.74, 6) is -2.09. The van der Waals surface area contributed by atoms with Crippen LogP contribution in [0.1, 0.15) is 23.3 Å². The molecule has 0 bridgehead atoms. The van der Waals surface area contributed by atoms with Crippen LogP contribution < -0.4 is 10.2 Å². The van der Waals surface area contributed by atoms with Gasteiger partial charge in [-0.3, -0.25) is 4.79 Å². The summed E-state index contributed by atoms with van der Waals surface area (Å²) in [5.41, 5.74) is -2.59. The first kappa shape index (κ1) is 37.3. The molecule has 1 aromatic heterocycles. The number of phenolic OH excluding ortho intramolecular Hbond substituents is 2. The van der Waals surface area contributed by atoms with Crippen LogP contribution in [0.2, 0.25) is 0 Å². The summed E-state index contributed by atoms with van der Waals surface area (Å²) in [7, 11) is 0. The molecule has 5 unspecified atom stereocenters. The number of aliphatic hydroxyl groups is 11. The topological polar surface area (TPSA) is 330 Å². The second-order valence-electron chi connectivity index (χ2n) is 12.6. The van der Waals surface area contributed by atoms with Crippen molar-refractivity contribution in [3.05, 3.63) is 51.7 Å². The van der Waals surface area contributed by atoms with Crippen LogP contribution in [0.5, 0.6) is 17.2 Å². The molecule has 3 fully saturated rings. The highest BCUT2D eigenvalue weighted by Gasteiger charge is 2.49. The molecular formula is C32H38O19. The number of ether oxygens (including phenoxy) is 4. The summed E-state index contributed by atoms with van der Waals surface area (Å²) >= 11 is 0. The Morgan fingerprint density at radius 1 is 0.667 bits per heavy atom. The maximum atomic E-state index is 13.7. The van der Waals surface area contributed by atoms with Crippen LogP contribution >= 0.6 is 0 Å². The first-order chi connectivity index (χ1) is 24.2. The number of aliphatic hydroxyl groups excluding tert-OH is 11. The Morgan fingerprint density at radius 2 is 1.25 bits per heavy atom. The Labute approximate surface area is 286 Å². The Morgan fingerprint density at radius 3 is 1.88 bits per heavy atom. The van der Waals surface area contributed by atoms with Gasteiger partial charge in [0, 0.05) is 11.6 Å². The molecule has 0 amide bonds. The molecule has 280 valence electrons. The molecule has 4 heterocycles. The minimum atomic E-state index is -2.04. The molecule has 51 heavy (non-hydrogen) atoms. The molecule has 13 N–H and O–H groups in total. The van der Waals surface area contributed by atoms with E-state index in [1.165, 1.54) is 24.3 Å². The molecule has 6 rings (SSSR count). The lowest BCUT2D eigenvalue weighted by Crippen LogP contribution is -2.60. The molecule has 14 atom stereocenters. The molecular weight excluding hydrogens is 688 g/mol. The Hall–Kier alpha value is -3.51. The molecule has 19 nitrogen and oxygen atoms in total. The zero-order valence-corrected chi connectivity index (χ0v) is 26.4. The van der Waals surface area contributed by atoms with Gasteiger partial charge in [-0.15, -0.1) is 0 Å². The highest BCUT2D eigenvalue weighted by molar-refractivity contribution is 5.92. The maximum Gasteiger partial charge on any atom is 0.229 e. The van der Waals surface area contributed by atoms with Gasteiger partial charge in [-0.2, -0.15) is 0 Å². The van der Waals surface area contributed by atoms with E-state index in [0.717, 1.165) is 6.07 Å². The van der Waals surface area contributed by atoms with Gasteiger partial charge in [0.25, 0.3) is 0 Å². The van der Waals surface area contributed by atoms with Crippen molar-refractivity contribution in [3.63, 3.8) is 0 Å². The van der Waals surface area contributed by atoms with Crippen molar-refractivity contribution >= 4 is 11.0 Å². The van der Waals surface area contributed by atoms with Gasteiger partial charge in [-0.05, 0) is 24.3 Å². The molecule has 0 radical (unpaired) electrons. The third kappa shape index (κ3) is 6.44. The molecule has 19 heteroatoms. The van der Waals surface area contributed by atoms with Crippen LogP contribution in [-0.4, -0.2) is 160 Å². The van der Waals surface area contributed by atoms with E-state index >= 15 is 0 Å². The highest BCUT2D eigenvalue weighted by atomic mass is 16.7. The number of fused-ring (bicyclic) bond motifs is 1. The monoisotopic (exact) mass is 726 g/mol. The summed E-state index contributed by atoms with van der Waals surface area (Å²) < 4.78 is 28.0. The lowest BCUT2D eigenvalue weighted by molar-refractivity contribution is -0.277. The zero-order valence-electron chi connectivity index (χ0n) is 26.4. The molecule has 3 aliphatic heterocycles. The number of rotatable bonds is 7. The SMILES string of the molecule is O=c1cc(-c2ccc(O[C@@H]3OC(CO)[C@@H](O)[C@H](O)C3O)cc2)oc2c([C@@H]3OC(CO)[C@@H](O)[C@H](O)C3O)c(O)c([C@@H]3OC[C@H](O)[C@H](O)C3O)c(O)c12. The number of hydrogen-bond acceptors (Lipinski definition) is 19. The molecule has 2 aromatic carbocycles. The average Bonchev–Trinajstić information content (AvgIpc) is 3.11. The fourth-order valence-electron chi connectivity index (χ4n) is 6.48. The fourth-order valence-corrected chi connectivity index (χ4v) is 6.48. The number of phenols is 2. The lowest BCUT2D eigenvalue weighted by Gasteiger charge is -2.41. The standard InChI is InChI=1S/C32H38O19/c33-6-14-20(38)24(42)27(45)31(50-14)18-23(41)17(30-26(44)19(37)12(36)8-47-30)22(40)16-11(35)5-13(49-29(16)18)9-1-3-10(4-2-9)48-32-28(46)25(43)21(39)15(7-34)51-32/h1-5,12,14-15,19-21,24-28,30-34,36-46H,6-8H2/t12-,14?,15?,19-,20+,21+,24-,25-,26?,27?,28?,30-,31-,32+/m0/s1. The fraction of sp³-hybridized carbons (Fsp3) is 0.531. The van der Waals surface area contributed by atoms with Crippen LogP contribution in [0.15, 0.2) is 39.5 Å². The van der Waals surface area contributed by atoms with Gasteiger partial charge in [0.15, 0.2) is 11.0 Å².